The van der Waals surface area contributed by atoms with Crippen molar-refractivity contribution in [2.75, 3.05) is 20.2 Å². The van der Waals surface area contributed by atoms with Gasteiger partial charge < -0.3 is 45.7 Å². The van der Waals surface area contributed by atoms with Crippen LogP contribution in [0.15, 0.2) is 12.2 Å². The predicted molar refractivity (Wildman–Crippen MR) is 231 cm³/mol. The molecule has 0 aromatic carbocycles. The van der Waals surface area contributed by atoms with Gasteiger partial charge in [0.25, 0.3) is 0 Å². The first-order valence-electron chi connectivity index (χ1n) is 22.5. The molecule has 1 heterocycles. The third-order valence-corrected chi connectivity index (χ3v) is 11.2. The molecule has 0 aromatic heterocycles. The van der Waals surface area contributed by atoms with E-state index in [1.54, 1.807) is 41.7 Å². The molecule has 3 rings (SSSR count). The second kappa shape index (κ2) is 23.5. The molecule has 0 spiro atoms. The summed E-state index contributed by atoms with van der Waals surface area (Å²) in [6.07, 6.45) is 11.1. The van der Waals surface area contributed by atoms with E-state index in [0.29, 0.717) is 38.5 Å². The number of likely N-dealkylation sites (N-methyl/N-ethyl adjacent to an activating group) is 1. The second-order valence-corrected chi connectivity index (χ2v) is 19.6. The minimum absolute atomic E-state index is 0.0349. The van der Waals surface area contributed by atoms with E-state index in [-0.39, 0.29) is 30.9 Å². The van der Waals surface area contributed by atoms with Crippen LogP contribution in [0.3, 0.4) is 0 Å². The topological polar surface area (TPSA) is 194 Å². The summed E-state index contributed by atoms with van der Waals surface area (Å²) in [6.45, 7) is 17.8. The summed E-state index contributed by atoms with van der Waals surface area (Å²) in [4.78, 5) is 86.8. The Morgan fingerprint density at radius 1 is 0.800 bits per heavy atom. The summed E-state index contributed by atoms with van der Waals surface area (Å²) in [5.74, 6) is -3.33. The summed E-state index contributed by atoms with van der Waals surface area (Å²) >= 11 is 0. The first-order valence-corrected chi connectivity index (χ1v) is 22.5. The quantitative estimate of drug-likeness (QED) is 0.218. The summed E-state index contributed by atoms with van der Waals surface area (Å²) in [6, 6.07) is -5.09. The zero-order valence-electron chi connectivity index (χ0n) is 38.4. The van der Waals surface area contributed by atoms with Gasteiger partial charge in [0.15, 0.2) is 0 Å². The number of rotatable bonds is 7. The van der Waals surface area contributed by atoms with E-state index in [4.69, 9.17) is 14.2 Å². The van der Waals surface area contributed by atoms with Gasteiger partial charge in [-0.2, -0.15) is 0 Å². The molecular weight excluding hydrogens is 769 g/mol. The van der Waals surface area contributed by atoms with Crippen LogP contribution in [0, 0.1) is 17.8 Å². The SMILES string of the molecule is CC(C)C[C@H]1C(=O)N[C@@H](C2CCCCC2)C(=O)N[C@@H](CNC(=O)OC(C)(C)C)C(=O)N[C@@H]([C@H](C)OC(C)(C)C)C(=O)N[C@H](C)CO[C@@H]2CCCC/C=C\CC[C@H]2C(=O)N1C. The van der Waals surface area contributed by atoms with Gasteiger partial charge in [0, 0.05) is 13.1 Å². The van der Waals surface area contributed by atoms with Crippen LogP contribution in [0.25, 0.3) is 0 Å². The molecule has 1 saturated heterocycles. The molecule has 1 saturated carbocycles. The van der Waals surface area contributed by atoms with Crippen molar-refractivity contribution in [3.8, 4) is 0 Å². The molecule has 342 valence electrons. The van der Waals surface area contributed by atoms with E-state index in [1.807, 2.05) is 34.6 Å². The lowest BCUT2D eigenvalue weighted by atomic mass is 9.83. The van der Waals surface area contributed by atoms with Gasteiger partial charge in [-0.05, 0) is 119 Å². The van der Waals surface area contributed by atoms with E-state index in [9.17, 15) is 28.8 Å². The molecule has 0 aromatic rings. The number of allylic oxidation sites excluding steroid dienone is 2. The van der Waals surface area contributed by atoms with Crippen LogP contribution in [0.5, 0.6) is 0 Å². The highest BCUT2D eigenvalue weighted by atomic mass is 16.6. The zero-order chi connectivity index (χ0) is 44.8. The van der Waals surface area contributed by atoms with Crippen molar-refractivity contribution in [3.05, 3.63) is 12.2 Å². The first kappa shape index (κ1) is 50.6. The molecule has 60 heavy (non-hydrogen) atoms. The molecule has 2 fully saturated rings. The summed E-state index contributed by atoms with van der Waals surface area (Å²) in [5, 5.41) is 14.3. The summed E-state index contributed by atoms with van der Waals surface area (Å²) in [5.41, 5.74) is -1.52. The Kier molecular flexibility index (Phi) is 19.8. The fraction of sp³-hybridized carbons (Fsp3) is 0.822. The molecule has 15 nitrogen and oxygen atoms in total. The number of amides is 6. The number of alkyl carbamates (subject to hydrolysis) is 1. The maximum atomic E-state index is 14.7. The van der Waals surface area contributed by atoms with E-state index in [2.05, 4.69) is 38.7 Å². The van der Waals surface area contributed by atoms with Crippen molar-refractivity contribution >= 4 is 35.6 Å². The Morgan fingerprint density at radius 3 is 2.08 bits per heavy atom. The highest BCUT2D eigenvalue weighted by Crippen LogP contribution is 2.29. The van der Waals surface area contributed by atoms with E-state index in [0.717, 1.165) is 38.5 Å². The molecular formula is C45H78N6O9. The van der Waals surface area contributed by atoms with Crippen molar-refractivity contribution in [2.24, 2.45) is 17.8 Å². The smallest absolute Gasteiger partial charge is 0.407 e. The maximum absolute atomic E-state index is 14.7. The predicted octanol–water partition coefficient (Wildman–Crippen LogP) is 5.05. The summed E-state index contributed by atoms with van der Waals surface area (Å²) in [7, 11) is 1.66. The van der Waals surface area contributed by atoms with E-state index >= 15 is 0 Å². The molecule has 1 aliphatic heterocycles. The Labute approximate surface area is 359 Å². The van der Waals surface area contributed by atoms with Gasteiger partial charge in [0.1, 0.15) is 29.8 Å². The highest BCUT2D eigenvalue weighted by molar-refractivity contribution is 5.96. The number of hydrogen-bond donors (Lipinski definition) is 5. The summed E-state index contributed by atoms with van der Waals surface area (Å²) < 4.78 is 18.2. The Hall–Kier alpha value is -3.72. The second-order valence-electron chi connectivity index (χ2n) is 19.6. The van der Waals surface area contributed by atoms with Crippen molar-refractivity contribution < 1.29 is 43.0 Å². The molecule has 3 aliphatic rings. The van der Waals surface area contributed by atoms with Gasteiger partial charge in [-0.15, -0.1) is 0 Å². The number of nitrogens with zero attached hydrogens (tertiary/aromatic N) is 1. The monoisotopic (exact) mass is 847 g/mol. The third kappa shape index (κ3) is 17.0. The average molecular weight is 847 g/mol. The standard InChI is InChI=1S/C45H78N6O9/c1-28(2)25-34-39(53)50-37(31-21-17-16-18-22-31)41(55)48-33(26-46-43(57)60-45(8,9)10)38(52)49-36(30(4)59-44(5,6)7)40(54)47-29(3)27-58-35-24-20-15-13-12-14-19-23-32(35)42(56)51(34)11/h12,14,28-37H,13,15-27H2,1-11H3,(H,46,57)(H,47,54)(H,48,55)(H,49,52)(H,50,53)/b14-12-/t29-,30+,32-,33+,34+,35-,36+,37+/m1/s1. The Balaban J connectivity index is 2.16. The van der Waals surface area contributed by atoms with Crippen LogP contribution in [0.2, 0.25) is 0 Å². The number of fused-ring (bicyclic) bond motifs is 1. The number of carbonyl (C=O) groups excluding carboxylic acids is 6. The molecule has 5 N–H and O–H groups in total. The number of ether oxygens (including phenoxy) is 3. The normalized spacial score (nSPS) is 29.3. The molecule has 15 heteroatoms. The largest absolute Gasteiger partial charge is 0.444 e. The van der Waals surface area contributed by atoms with Crippen LogP contribution >= 0.6 is 0 Å². The lowest BCUT2D eigenvalue weighted by molar-refractivity contribution is -0.148. The maximum Gasteiger partial charge on any atom is 0.407 e. The van der Waals surface area contributed by atoms with Crippen molar-refractivity contribution in [3.63, 3.8) is 0 Å². The molecule has 6 amide bonds. The van der Waals surface area contributed by atoms with Gasteiger partial charge >= 0.3 is 6.09 Å². The molecule has 2 aliphatic carbocycles. The molecule has 0 unspecified atom stereocenters. The minimum atomic E-state index is -1.39. The lowest BCUT2D eigenvalue weighted by Gasteiger charge is -2.37. The average Bonchev–Trinajstić information content (AvgIpc) is 3.15. The fourth-order valence-corrected chi connectivity index (χ4v) is 8.29. The minimum Gasteiger partial charge on any atom is -0.444 e. The number of carbonyl (C=O) groups is 6. The van der Waals surface area contributed by atoms with Gasteiger partial charge in [-0.3, -0.25) is 24.0 Å². The number of nitrogens with one attached hydrogen (secondary N) is 5. The van der Waals surface area contributed by atoms with Crippen LogP contribution in [-0.4, -0.2) is 114 Å². The van der Waals surface area contributed by atoms with Crippen LogP contribution in [0.4, 0.5) is 4.79 Å². The van der Waals surface area contributed by atoms with Gasteiger partial charge in [0.05, 0.1) is 36.9 Å². The van der Waals surface area contributed by atoms with Crippen LogP contribution in [-0.2, 0) is 38.2 Å². The molecule has 0 bridgehead atoms. The first-order chi connectivity index (χ1) is 28.1. The van der Waals surface area contributed by atoms with E-state index in [1.165, 1.54) is 4.90 Å². The van der Waals surface area contributed by atoms with Crippen LogP contribution < -0.4 is 26.6 Å². The Morgan fingerprint density at radius 2 is 1.45 bits per heavy atom. The van der Waals surface area contributed by atoms with Crippen LogP contribution in [0.1, 0.15) is 146 Å². The van der Waals surface area contributed by atoms with Crippen molar-refractivity contribution in [1.29, 1.82) is 0 Å². The zero-order valence-corrected chi connectivity index (χ0v) is 38.4. The molecule has 8 atom stereocenters. The van der Waals surface area contributed by atoms with Crippen molar-refractivity contribution in [1.82, 2.24) is 31.5 Å². The fourth-order valence-electron chi connectivity index (χ4n) is 8.29. The van der Waals surface area contributed by atoms with E-state index < -0.39 is 89.3 Å². The highest BCUT2D eigenvalue weighted by Gasteiger charge is 2.41. The molecule has 0 radical (unpaired) electrons. The Bertz CT molecular complexity index is 1470. The third-order valence-electron chi connectivity index (χ3n) is 11.2. The van der Waals surface area contributed by atoms with Gasteiger partial charge in [-0.1, -0.05) is 51.7 Å². The lowest BCUT2D eigenvalue weighted by Crippen LogP contribution is -2.63. The van der Waals surface area contributed by atoms with Gasteiger partial charge in [-0.25, -0.2) is 4.79 Å². The van der Waals surface area contributed by atoms with Crippen molar-refractivity contribution in [2.45, 2.75) is 200 Å². The number of hydrogen-bond acceptors (Lipinski definition) is 9. The van der Waals surface area contributed by atoms with Gasteiger partial charge in [0.2, 0.25) is 29.5 Å².